The van der Waals surface area contributed by atoms with Gasteiger partial charge in [-0.15, -0.1) is 0 Å². The maximum Gasteiger partial charge on any atom is 0.397 e. The van der Waals surface area contributed by atoms with Crippen molar-refractivity contribution in [3.63, 3.8) is 0 Å². The topological polar surface area (TPSA) is 178 Å². The van der Waals surface area contributed by atoms with E-state index in [2.05, 4.69) is 18.0 Å². The number of esters is 1. The molecule has 1 aliphatic rings. The molecule has 4 N–H and O–H groups in total. The molecular formula is C53H104O12S. The summed E-state index contributed by atoms with van der Waals surface area (Å²) < 4.78 is 59.3. The summed E-state index contributed by atoms with van der Waals surface area (Å²) in [5, 5.41) is 30.8. The smallest absolute Gasteiger partial charge is 0.397 e. The minimum Gasteiger partial charge on any atom is -0.457 e. The number of hydrogen-bond acceptors (Lipinski definition) is 11. The minimum atomic E-state index is -5.06. The van der Waals surface area contributed by atoms with Gasteiger partial charge in [-0.3, -0.25) is 9.35 Å². The fourth-order valence-electron chi connectivity index (χ4n) is 9.03. The Bertz CT molecular complexity index is 1160. The molecular weight excluding hydrogens is 861 g/mol. The van der Waals surface area contributed by atoms with Gasteiger partial charge in [-0.05, 0) is 12.8 Å². The third-order valence-electron chi connectivity index (χ3n) is 13.2. The van der Waals surface area contributed by atoms with Crippen molar-refractivity contribution in [2.45, 2.75) is 307 Å². The molecule has 1 heterocycles. The van der Waals surface area contributed by atoms with E-state index >= 15 is 0 Å². The highest BCUT2D eigenvalue weighted by atomic mass is 32.3. The molecule has 394 valence electrons. The van der Waals surface area contributed by atoms with E-state index in [1.807, 2.05) is 0 Å². The van der Waals surface area contributed by atoms with Gasteiger partial charge in [-0.2, -0.15) is 8.42 Å². The van der Waals surface area contributed by atoms with Crippen LogP contribution >= 0.6 is 0 Å². The second-order valence-electron chi connectivity index (χ2n) is 19.5. The summed E-state index contributed by atoms with van der Waals surface area (Å²) in [6, 6.07) is 0. The Kier molecular flexibility index (Phi) is 43.3. The van der Waals surface area contributed by atoms with Crippen LogP contribution in [0, 0.1) is 0 Å². The molecule has 0 aromatic rings. The highest BCUT2D eigenvalue weighted by molar-refractivity contribution is 7.80. The fourth-order valence-corrected chi connectivity index (χ4v) is 9.54. The Morgan fingerprint density at radius 1 is 0.515 bits per heavy atom. The minimum absolute atomic E-state index is 0.0455. The Morgan fingerprint density at radius 3 is 1.21 bits per heavy atom. The second kappa shape index (κ2) is 45.3. The van der Waals surface area contributed by atoms with Gasteiger partial charge in [-0.25, -0.2) is 4.18 Å². The maximum absolute atomic E-state index is 12.9. The van der Waals surface area contributed by atoms with Gasteiger partial charge in [0.2, 0.25) is 0 Å². The van der Waals surface area contributed by atoms with Crippen molar-refractivity contribution in [1.29, 1.82) is 0 Å². The van der Waals surface area contributed by atoms with E-state index < -0.39 is 59.8 Å². The summed E-state index contributed by atoms with van der Waals surface area (Å²) in [5.41, 5.74) is 0. The van der Waals surface area contributed by atoms with Crippen molar-refractivity contribution in [3.8, 4) is 0 Å². The molecule has 13 heteroatoms. The number of aliphatic hydroxyl groups excluding tert-OH is 3. The summed E-state index contributed by atoms with van der Waals surface area (Å²) >= 11 is 0. The lowest BCUT2D eigenvalue weighted by molar-refractivity contribution is -0.301. The number of aliphatic hydroxyl groups is 3. The normalized spacial score (nSPS) is 19.4. The van der Waals surface area contributed by atoms with Gasteiger partial charge in [0.1, 0.15) is 30.5 Å². The fraction of sp³-hybridized carbons (Fsp3) is 0.981. The number of unbranched alkanes of at least 4 members (excludes halogenated alkanes) is 37. The molecule has 0 aromatic heterocycles. The van der Waals surface area contributed by atoms with E-state index in [0.29, 0.717) is 13.0 Å². The van der Waals surface area contributed by atoms with Crippen LogP contribution in [0.15, 0.2) is 0 Å². The molecule has 1 aliphatic heterocycles. The lowest BCUT2D eigenvalue weighted by Crippen LogP contribution is -2.60. The largest absolute Gasteiger partial charge is 0.457 e. The SMILES string of the molecule is CCCCCCCCCCCCCCCCCCCCCCCCCOCC(COC1OC(CO)C(O)C(OS(=O)(=O)O)C1O)OC(=O)CCCCCCCCCCCCCCCCCC. The zero-order valence-corrected chi connectivity index (χ0v) is 43.4. The van der Waals surface area contributed by atoms with Crippen molar-refractivity contribution >= 4 is 16.4 Å². The van der Waals surface area contributed by atoms with E-state index in [4.69, 9.17) is 18.9 Å². The van der Waals surface area contributed by atoms with E-state index in [1.54, 1.807) is 0 Å². The number of carbonyl (C=O) groups is 1. The van der Waals surface area contributed by atoms with Crippen LogP contribution in [0.25, 0.3) is 0 Å². The van der Waals surface area contributed by atoms with Crippen LogP contribution in [-0.4, -0.2) is 97.5 Å². The monoisotopic (exact) mass is 965 g/mol. The number of carbonyl (C=O) groups excluding carboxylic acids is 1. The van der Waals surface area contributed by atoms with Gasteiger partial charge in [0, 0.05) is 13.0 Å². The summed E-state index contributed by atoms with van der Waals surface area (Å²) in [4.78, 5) is 12.9. The Morgan fingerprint density at radius 2 is 0.864 bits per heavy atom. The van der Waals surface area contributed by atoms with Crippen molar-refractivity contribution in [2.24, 2.45) is 0 Å². The van der Waals surface area contributed by atoms with Gasteiger partial charge >= 0.3 is 16.4 Å². The van der Waals surface area contributed by atoms with Gasteiger partial charge in [-0.1, -0.05) is 251 Å². The molecule has 0 saturated carbocycles. The molecule has 0 bridgehead atoms. The zero-order valence-electron chi connectivity index (χ0n) is 42.5. The summed E-state index contributed by atoms with van der Waals surface area (Å²) in [7, 11) is -5.06. The van der Waals surface area contributed by atoms with Crippen LogP contribution in [0.4, 0.5) is 0 Å². The van der Waals surface area contributed by atoms with Crippen molar-refractivity contribution in [2.75, 3.05) is 26.4 Å². The number of hydrogen-bond donors (Lipinski definition) is 4. The lowest BCUT2D eigenvalue weighted by Gasteiger charge is -2.41. The number of rotatable bonds is 50. The Labute approximate surface area is 405 Å². The molecule has 66 heavy (non-hydrogen) atoms. The molecule has 0 spiro atoms. The van der Waals surface area contributed by atoms with Gasteiger partial charge < -0.3 is 34.3 Å². The molecule has 0 radical (unpaired) electrons. The van der Waals surface area contributed by atoms with E-state index in [1.165, 1.54) is 205 Å². The van der Waals surface area contributed by atoms with E-state index in [0.717, 1.165) is 38.5 Å². The first-order chi connectivity index (χ1) is 32.1. The third kappa shape index (κ3) is 37.9. The quantitative estimate of drug-likeness (QED) is 0.0258. The first-order valence-corrected chi connectivity index (χ1v) is 29.2. The van der Waals surface area contributed by atoms with Crippen molar-refractivity contribution < 1.29 is 56.2 Å². The second-order valence-corrected chi connectivity index (χ2v) is 20.6. The predicted octanol–water partition coefficient (Wildman–Crippen LogP) is 13.2. The molecule has 0 aromatic carbocycles. The third-order valence-corrected chi connectivity index (χ3v) is 13.7. The molecule has 0 aliphatic carbocycles. The standard InChI is InChI=1S/C53H104O12S/c1-3-5-7-9-11-13-15-17-19-21-22-23-24-25-26-27-29-31-33-35-37-39-41-43-61-45-47(46-62-53-51(57)52(65-66(58,59)60)50(56)48(44-54)64-53)63-49(55)42-40-38-36-34-32-30-28-20-18-16-14-12-10-8-6-4-2/h47-48,50-54,56-57H,3-46H2,1-2H3,(H,58,59,60). The molecule has 1 saturated heterocycles. The average molecular weight is 965 g/mol. The molecule has 1 fully saturated rings. The molecule has 1 rings (SSSR count). The average Bonchev–Trinajstić information content (AvgIpc) is 3.29. The van der Waals surface area contributed by atoms with Gasteiger partial charge in [0.25, 0.3) is 0 Å². The van der Waals surface area contributed by atoms with Crippen molar-refractivity contribution in [3.05, 3.63) is 0 Å². The van der Waals surface area contributed by atoms with Gasteiger partial charge in [0.05, 0.1) is 19.8 Å². The van der Waals surface area contributed by atoms with Gasteiger partial charge in [0.15, 0.2) is 6.29 Å². The van der Waals surface area contributed by atoms with Crippen LogP contribution < -0.4 is 0 Å². The zero-order chi connectivity index (χ0) is 48.2. The molecule has 6 unspecified atom stereocenters. The van der Waals surface area contributed by atoms with Crippen LogP contribution in [0.3, 0.4) is 0 Å². The van der Waals surface area contributed by atoms with E-state index in [9.17, 15) is 33.1 Å². The molecule has 0 amide bonds. The predicted molar refractivity (Wildman–Crippen MR) is 267 cm³/mol. The highest BCUT2D eigenvalue weighted by Gasteiger charge is 2.48. The maximum atomic E-state index is 12.9. The van der Waals surface area contributed by atoms with Crippen LogP contribution in [0.5, 0.6) is 0 Å². The van der Waals surface area contributed by atoms with Crippen LogP contribution in [-0.2, 0) is 38.3 Å². The van der Waals surface area contributed by atoms with Crippen LogP contribution in [0.2, 0.25) is 0 Å². The summed E-state index contributed by atoms with van der Waals surface area (Å²) in [5.74, 6) is -0.390. The lowest BCUT2D eigenvalue weighted by atomic mass is 9.99. The Balaban J connectivity index is 2.28. The Hall–Kier alpha value is -0.900. The van der Waals surface area contributed by atoms with Crippen molar-refractivity contribution in [1.82, 2.24) is 0 Å². The van der Waals surface area contributed by atoms with E-state index in [-0.39, 0.29) is 19.6 Å². The highest BCUT2D eigenvalue weighted by Crippen LogP contribution is 2.26. The first kappa shape index (κ1) is 63.1. The first-order valence-electron chi connectivity index (χ1n) is 27.8. The molecule has 6 atom stereocenters. The summed E-state index contributed by atoms with van der Waals surface area (Å²) in [6.07, 6.45) is 41.4. The number of ether oxygens (including phenoxy) is 4. The summed E-state index contributed by atoms with van der Waals surface area (Å²) in [6.45, 7) is 4.07. The van der Waals surface area contributed by atoms with Crippen LogP contribution in [0.1, 0.15) is 271 Å². The molecule has 12 nitrogen and oxygen atoms in total.